The Labute approximate surface area is 110 Å². The van der Waals surface area contributed by atoms with Gasteiger partial charge >= 0.3 is 18.1 Å². The molecule has 108 valence electrons. The summed E-state index contributed by atoms with van der Waals surface area (Å²) >= 11 is 0. The molecule has 1 aliphatic rings. The molecule has 0 radical (unpaired) electrons. The van der Waals surface area contributed by atoms with Crippen molar-refractivity contribution < 1.29 is 27.9 Å². The molecule has 1 saturated heterocycles. The largest absolute Gasteiger partial charge is 0.478 e. The number of aromatic carboxylic acids is 1. The van der Waals surface area contributed by atoms with Crippen LogP contribution in [0.2, 0.25) is 0 Å². The number of halogens is 3. The molecule has 1 N–H and O–H groups in total. The molecule has 2 rings (SSSR count). The molecule has 1 amide bonds. The maximum absolute atomic E-state index is 12.2. The van der Waals surface area contributed by atoms with Gasteiger partial charge in [-0.25, -0.2) is 4.79 Å². The van der Waals surface area contributed by atoms with Gasteiger partial charge in [0.2, 0.25) is 0 Å². The van der Waals surface area contributed by atoms with Gasteiger partial charge in [-0.1, -0.05) is 0 Å². The Bertz CT molecular complexity index is 617. The number of likely N-dealkylation sites (tertiary alicyclic amines) is 1. The molecule has 2 heterocycles. The molecule has 1 aromatic rings. The van der Waals surface area contributed by atoms with Crippen molar-refractivity contribution in [2.45, 2.75) is 12.2 Å². The maximum Gasteiger partial charge on any atom is 0.471 e. The smallest absolute Gasteiger partial charge is 0.471 e. The fraction of sp³-hybridized carbons (Fsp3) is 0.364. The number of rotatable bonds is 2. The summed E-state index contributed by atoms with van der Waals surface area (Å²) in [5.41, 5.74) is -0.677. The first-order chi connectivity index (χ1) is 9.20. The van der Waals surface area contributed by atoms with Crippen molar-refractivity contribution in [3.05, 3.63) is 34.2 Å². The predicted molar refractivity (Wildman–Crippen MR) is 59.3 cm³/mol. The summed E-state index contributed by atoms with van der Waals surface area (Å²) in [6.07, 6.45) is -3.89. The molecule has 1 fully saturated rings. The van der Waals surface area contributed by atoms with Crippen LogP contribution in [-0.2, 0) is 4.79 Å². The molecule has 6 nitrogen and oxygen atoms in total. The molecular weight excluding hydrogens is 281 g/mol. The number of hydrogen-bond acceptors (Lipinski definition) is 3. The molecule has 0 unspecified atom stereocenters. The SMILES string of the molecule is O=C(O)c1ccc(=O)n(C2CN(C(=O)C(F)(F)F)C2)c1. The van der Waals surface area contributed by atoms with E-state index in [2.05, 4.69) is 0 Å². The fourth-order valence-electron chi connectivity index (χ4n) is 1.89. The number of alkyl halides is 3. The molecule has 1 aromatic heterocycles. The Balaban J connectivity index is 2.14. The van der Waals surface area contributed by atoms with E-state index in [1.165, 1.54) is 0 Å². The lowest BCUT2D eigenvalue weighted by atomic mass is 10.1. The third-order valence-corrected chi connectivity index (χ3v) is 2.97. The lowest BCUT2D eigenvalue weighted by Gasteiger charge is -2.40. The predicted octanol–water partition coefficient (Wildman–Crippen LogP) is 0.492. The Hall–Kier alpha value is -2.32. The van der Waals surface area contributed by atoms with Crippen LogP contribution in [0, 0.1) is 0 Å². The topological polar surface area (TPSA) is 79.6 Å². The van der Waals surface area contributed by atoms with Gasteiger partial charge in [-0.05, 0) is 6.07 Å². The summed E-state index contributed by atoms with van der Waals surface area (Å²) in [6, 6.07) is 1.49. The van der Waals surface area contributed by atoms with Crippen molar-refractivity contribution in [1.29, 1.82) is 0 Å². The first kappa shape index (κ1) is 14.1. The van der Waals surface area contributed by atoms with Crippen LogP contribution in [-0.4, -0.2) is 45.7 Å². The van der Waals surface area contributed by atoms with Crippen LogP contribution in [0.1, 0.15) is 16.4 Å². The van der Waals surface area contributed by atoms with Crippen LogP contribution in [0.15, 0.2) is 23.1 Å². The zero-order valence-electron chi connectivity index (χ0n) is 9.92. The summed E-state index contributed by atoms with van der Waals surface area (Å²) in [6.45, 7) is -0.553. The third kappa shape index (κ3) is 2.51. The highest BCUT2D eigenvalue weighted by Crippen LogP contribution is 2.26. The lowest BCUT2D eigenvalue weighted by Crippen LogP contribution is -2.56. The molecule has 0 spiro atoms. The van der Waals surface area contributed by atoms with Crippen LogP contribution in [0.3, 0.4) is 0 Å². The quantitative estimate of drug-likeness (QED) is 0.859. The summed E-state index contributed by atoms with van der Waals surface area (Å²) in [4.78, 5) is 33.8. The highest BCUT2D eigenvalue weighted by Gasteiger charge is 2.47. The Morgan fingerprint density at radius 2 is 1.85 bits per heavy atom. The average molecular weight is 290 g/mol. The first-order valence-corrected chi connectivity index (χ1v) is 5.51. The van der Waals surface area contributed by atoms with E-state index in [-0.39, 0.29) is 18.7 Å². The number of pyridine rings is 1. The van der Waals surface area contributed by atoms with Crippen molar-refractivity contribution in [2.24, 2.45) is 0 Å². The average Bonchev–Trinajstić information content (AvgIpc) is 2.27. The summed E-state index contributed by atoms with van der Waals surface area (Å²) < 4.78 is 37.5. The van der Waals surface area contributed by atoms with Gasteiger partial charge in [0.05, 0.1) is 11.6 Å². The minimum absolute atomic E-state index is 0.148. The van der Waals surface area contributed by atoms with E-state index in [1.54, 1.807) is 0 Å². The fourth-order valence-corrected chi connectivity index (χ4v) is 1.89. The number of nitrogens with zero attached hydrogens (tertiary/aromatic N) is 2. The van der Waals surface area contributed by atoms with Gasteiger partial charge in [0, 0.05) is 25.4 Å². The molecule has 1 aliphatic heterocycles. The van der Waals surface area contributed by atoms with Crippen molar-refractivity contribution in [3.8, 4) is 0 Å². The molecule has 0 bridgehead atoms. The normalized spacial score (nSPS) is 15.8. The number of carbonyl (C=O) groups excluding carboxylic acids is 1. The van der Waals surface area contributed by atoms with Crippen LogP contribution in [0.5, 0.6) is 0 Å². The number of carboxylic acid groups (broad SMARTS) is 1. The van der Waals surface area contributed by atoms with E-state index in [4.69, 9.17) is 5.11 Å². The van der Waals surface area contributed by atoms with Gasteiger partial charge in [0.1, 0.15) is 0 Å². The number of amides is 1. The summed E-state index contributed by atoms with van der Waals surface area (Å²) in [5.74, 6) is -3.21. The van der Waals surface area contributed by atoms with Crippen molar-refractivity contribution in [2.75, 3.05) is 13.1 Å². The van der Waals surface area contributed by atoms with Crippen molar-refractivity contribution in [3.63, 3.8) is 0 Å². The van der Waals surface area contributed by atoms with Crippen molar-refractivity contribution in [1.82, 2.24) is 9.47 Å². The molecule has 0 atom stereocenters. The first-order valence-electron chi connectivity index (χ1n) is 5.51. The highest BCUT2D eigenvalue weighted by atomic mass is 19.4. The van der Waals surface area contributed by atoms with E-state index in [0.29, 0.717) is 4.90 Å². The van der Waals surface area contributed by atoms with E-state index in [1.807, 2.05) is 0 Å². The molecule has 9 heteroatoms. The zero-order valence-corrected chi connectivity index (χ0v) is 9.92. The minimum Gasteiger partial charge on any atom is -0.478 e. The highest BCUT2D eigenvalue weighted by molar-refractivity contribution is 5.87. The number of carbonyl (C=O) groups is 2. The minimum atomic E-state index is -4.95. The second-order valence-corrected chi connectivity index (χ2v) is 4.33. The zero-order chi connectivity index (χ0) is 15.1. The maximum atomic E-state index is 12.2. The van der Waals surface area contributed by atoms with E-state index in [9.17, 15) is 27.6 Å². The van der Waals surface area contributed by atoms with E-state index < -0.39 is 29.7 Å². The summed E-state index contributed by atoms with van der Waals surface area (Å²) in [5, 5.41) is 8.79. The molecular formula is C11H9F3N2O4. The lowest BCUT2D eigenvalue weighted by molar-refractivity contribution is -0.191. The van der Waals surface area contributed by atoms with E-state index >= 15 is 0 Å². The molecule has 0 aromatic carbocycles. The second kappa shape index (κ2) is 4.66. The van der Waals surface area contributed by atoms with E-state index in [0.717, 1.165) is 22.9 Å². The molecule has 0 aliphatic carbocycles. The van der Waals surface area contributed by atoms with Gasteiger partial charge in [0.25, 0.3) is 5.56 Å². The number of hydrogen-bond donors (Lipinski definition) is 1. The Morgan fingerprint density at radius 1 is 1.25 bits per heavy atom. The number of aromatic nitrogens is 1. The standard InChI is InChI=1S/C11H9F3N2O4/c12-11(13,14)10(20)15-4-7(5-15)16-3-6(9(18)19)1-2-8(16)17/h1-3,7H,4-5H2,(H,18,19). The van der Waals surface area contributed by atoms with Gasteiger partial charge in [-0.2, -0.15) is 13.2 Å². The van der Waals surface area contributed by atoms with Gasteiger partial charge in [0.15, 0.2) is 0 Å². The second-order valence-electron chi connectivity index (χ2n) is 4.33. The summed E-state index contributed by atoms with van der Waals surface area (Å²) in [7, 11) is 0. The van der Waals surface area contributed by atoms with Crippen LogP contribution in [0.4, 0.5) is 13.2 Å². The third-order valence-electron chi connectivity index (χ3n) is 2.97. The van der Waals surface area contributed by atoms with Crippen LogP contribution in [0.25, 0.3) is 0 Å². The number of carboxylic acids is 1. The van der Waals surface area contributed by atoms with Crippen molar-refractivity contribution >= 4 is 11.9 Å². The van der Waals surface area contributed by atoms with Crippen LogP contribution >= 0.6 is 0 Å². The van der Waals surface area contributed by atoms with Gasteiger partial charge < -0.3 is 14.6 Å². The monoisotopic (exact) mass is 290 g/mol. The van der Waals surface area contributed by atoms with Gasteiger partial charge in [-0.15, -0.1) is 0 Å². The Morgan fingerprint density at radius 3 is 2.35 bits per heavy atom. The molecule has 20 heavy (non-hydrogen) atoms. The van der Waals surface area contributed by atoms with Gasteiger partial charge in [-0.3, -0.25) is 9.59 Å². The van der Waals surface area contributed by atoms with Crippen LogP contribution < -0.4 is 5.56 Å². The molecule has 0 saturated carbocycles. The Kier molecular flexibility index (Phi) is 3.28.